The van der Waals surface area contributed by atoms with Crippen molar-refractivity contribution >= 4 is 11.9 Å². The molecule has 1 amide bonds. The maximum Gasteiger partial charge on any atom is 0.328 e. The molecule has 5 heteroatoms. The van der Waals surface area contributed by atoms with E-state index in [-0.39, 0.29) is 11.8 Å². The molecule has 0 aliphatic carbocycles. The van der Waals surface area contributed by atoms with Crippen molar-refractivity contribution in [2.75, 3.05) is 7.11 Å². The van der Waals surface area contributed by atoms with E-state index in [2.05, 4.69) is 5.32 Å². The Morgan fingerprint density at radius 1 is 1.25 bits per heavy atom. The molecule has 0 unspecified atom stereocenters. The summed E-state index contributed by atoms with van der Waals surface area (Å²) in [6.45, 7) is 3.94. The molecule has 0 spiro atoms. The Kier molecular flexibility index (Phi) is 6.18. The molecule has 5 nitrogen and oxygen atoms in total. The van der Waals surface area contributed by atoms with Gasteiger partial charge in [-0.25, -0.2) is 4.79 Å². The molecule has 1 aromatic rings. The van der Waals surface area contributed by atoms with E-state index in [1.165, 1.54) is 7.11 Å². The summed E-state index contributed by atoms with van der Waals surface area (Å²) in [5.41, 5.74) is 6.60. The van der Waals surface area contributed by atoms with Crippen molar-refractivity contribution in [3.8, 4) is 0 Å². The van der Waals surface area contributed by atoms with E-state index in [1.807, 2.05) is 32.0 Å². The molecule has 0 aliphatic heterocycles. The lowest BCUT2D eigenvalue weighted by atomic mass is 10.0. The van der Waals surface area contributed by atoms with Crippen molar-refractivity contribution in [2.45, 2.75) is 32.4 Å². The van der Waals surface area contributed by atoms with Gasteiger partial charge in [-0.05, 0) is 17.9 Å². The first-order chi connectivity index (χ1) is 9.45. The van der Waals surface area contributed by atoms with Crippen LogP contribution in [-0.4, -0.2) is 25.0 Å². The first-order valence-corrected chi connectivity index (χ1v) is 6.64. The number of hydrogen-bond acceptors (Lipinski definition) is 4. The Labute approximate surface area is 119 Å². The zero-order chi connectivity index (χ0) is 15.1. The summed E-state index contributed by atoms with van der Waals surface area (Å²) in [6, 6.07) is 7.57. The second-order valence-corrected chi connectivity index (χ2v) is 5.10. The van der Waals surface area contributed by atoms with Crippen molar-refractivity contribution < 1.29 is 14.3 Å². The zero-order valence-electron chi connectivity index (χ0n) is 12.1. The molecule has 3 N–H and O–H groups in total. The molecule has 0 aromatic heterocycles. The minimum atomic E-state index is -0.796. The summed E-state index contributed by atoms with van der Waals surface area (Å²) in [5, 5.41) is 2.66. The highest BCUT2D eigenvalue weighted by molar-refractivity contribution is 5.88. The van der Waals surface area contributed by atoms with Crippen LogP contribution < -0.4 is 11.1 Å². The van der Waals surface area contributed by atoms with E-state index in [0.29, 0.717) is 12.0 Å². The van der Waals surface area contributed by atoms with Crippen LogP contribution in [0.25, 0.3) is 0 Å². The molecule has 0 radical (unpaired) electrons. The highest BCUT2D eigenvalue weighted by atomic mass is 16.5. The standard InChI is InChI=1S/C15H22N2O3/c1-10(2)9-12(15(19)20-3)17-14(18)13(16)11-7-5-4-6-8-11/h4-8,10,12-13H,9,16H2,1-3H3,(H,17,18)/t12-,13-/m0/s1. The number of carbonyl (C=O) groups excluding carboxylic acids is 2. The van der Waals surface area contributed by atoms with E-state index in [9.17, 15) is 9.59 Å². The molecule has 0 saturated carbocycles. The van der Waals surface area contributed by atoms with Gasteiger partial charge in [-0.3, -0.25) is 4.79 Å². The fraction of sp³-hybridized carbons (Fsp3) is 0.467. The largest absolute Gasteiger partial charge is 0.467 e. The smallest absolute Gasteiger partial charge is 0.328 e. The van der Waals surface area contributed by atoms with E-state index >= 15 is 0 Å². The lowest BCUT2D eigenvalue weighted by Crippen LogP contribution is -2.46. The molecule has 0 fully saturated rings. The van der Waals surface area contributed by atoms with Gasteiger partial charge in [0.25, 0.3) is 0 Å². The number of nitrogens with two attached hydrogens (primary N) is 1. The van der Waals surface area contributed by atoms with Crippen LogP contribution in [0.1, 0.15) is 31.9 Å². The third-order valence-corrected chi connectivity index (χ3v) is 2.95. The highest BCUT2D eigenvalue weighted by Gasteiger charge is 2.25. The minimum Gasteiger partial charge on any atom is -0.467 e. The first-order valence-electron chi connectivity index (χ1n) is 6.64. The van der Waals surface area contributed by atoms with Gasteiger partial charge in [0.2, 0.25) is 5.91 Å². The molecule has 1 aromatic carbocycles. The predicted octanol–water partition coefficient (Wildman–Crippen LogP) is 1.39. The lowest BCUT2D eigenvalue weighted by molar-refractivity contribution is -0.145. The summed E-state index contributed by atoms with van der Waals surface area (Å²) in [5.74, 6) is -0.577. The summed E-state index contributed by atoms with van der Waals surface area (Å²) in [6.07, 6.45) is 0.514. The van der Waals surface area contributed by atoms with E-state index < -0.39 is 18.1 Å². The average Bonchev–Trinajstić information content (AvgIpc) is 2.45. The second kappa shape index (κ2) is 7.65. The van der Waals surface area contributed by atoms with Crippen LogP contribution in [0.5, 0.6) is 0 Å². The van der Waals surface area contributed by atoms with Crippen molar-refractivity contribution in [2.24, 2.45) is 11.7 Å². The van der Waals surface area contributed by atoms with Crippen molar-refractivity contribution in [1.82, 2.24) is 5.32 Å². The molecule has 0 bridgehead atoms. The van der Waals surface area contributed by atoms with E-state index in [1.54, 1.807) is 12.1 Å². The number of hydrogen-bond donors (Lipinski definition) is 2. The van der Waals surface area contributed by atoms with Gasteiger partial charge in [-0.2, -0.15) is 0 Å². The topological polar surface area (TPSA) is 81.4 Å². The quantitative estimate of drug-likeness (QED) is 0.770. The molecular weight excluding hydrogens is 256 g/mol. The third kappa shape index (κ3) is 4.66. The van der Waals surface area contributed by atoms with Crippen LogP contribution in [0.2, 0.25) is 0 Å². The number of benzene rings is 1. The Morgan fingerprint density at radius 2 is 1.85 bits per heavy atom. The molecule has 2 atom stereocenters. The molecule has 20 heavy (non-hydrogen) atoms. The molecule has 110 valence electrons. The SMILES string of the molecule is COC(=O)[C@H](CC(C)C)NC(=O)[C@@H](N)c1ccccc1. The Hall–Kier alpha value is -1.88. The van der Waals surface area contributed by atoms with E-state index in [4.69, 9.17) is 10.5 Å². The van der Waals surface area contributed by atoms with E-state index in [0.717, 1.165) is 0 Å². The number of methoxy groups -OCH3 is 1. The van der Waals surface area contributed by atoms with Crippen molar-refractivity contribution in [1.29, 1.82) is 0 Å². The van der Waals surface area contributed by atoms with Gasteiger partial charge in [0.1, 0.15) is 12.1 Å². The highest BCUT2D eigenvalue weighted by Crippen LogP contribution is 2.12. The van der Waals surface area contributed by atoms with Gasteiger partial charge < -0.3 is 15.8 Å². The maximum atomic E-state index is 12.1. The monoisotopic (exact) mass is 278 g/mol. The summed E-state index contributed by atoms with van der Waals surface area (Å²) in [4.78, 5) is 23.8. The number of rotatable bonds is 6. The number of esters is 1. The fourth-order valence-electron chi connectivity index (χ4n) is 1.90. The number of nitrogens with one attached hydrogen (secondary N) is 1. The lowest BCUT2D eigenvalue weighted by Gasteiger charge is -2.20. The zero-order valence-corrected chi connectivity index (χ0v) is 12.1. The maximum absolute atomic E-state index is 12.1. The Bertz CT molecular complexity index is 446. The molecule has 1 rings (SSSR count). The first kappa shape index (κ1) is 16.2. The Morgan fingerprint density at radius 3 is 2.35 bits per heavy atom. The average molecular weight is 278 g/mol. The molecule has 0 saturated heterocycles. The number of amides is 1. The van der Waals surface area contributed by atoms with Crippen LogP contribution in [0.4, 0.5) is 0 Å². The number of ether oxygens (including phenoxy) is 1. The van der Waals surface area contributed by atoms with Gasteiger partial charge in [-0.1, -0.05) is 44.2 Å². The summed E-state index contributed by atoms with van der Waals surface area (Å²) in [7, 11) is 1.30. The molecule has 0 aliphatic rings. The molecule has 0 heterocycles. The predicted molar refractivity (Wildman–Crippen MR) is 76.8 cm³/mol. The van der Waals surface area contributed by atoms with Gasteiger partial charge in [-0.15, -0.1) is 0 Å². The third-order valence-electron chi connectivity index (χ3n) is 2.95. The second-order valence-electron chi connectivity index (χ2n) is 5.10. The summed E-state index contributed by atoms with van der Waals surface area (Å²) < 4.78 is 4.71. The summed E-state index contributed by atoms with van der Waals surface area (Å²) >= 11 is 0. The van der Waals surface area contributed by atoms with Crippen LogP contribution in [0, 0.1) is 5.92 Å². The van der Waals surface area contributed by atoms with Crippen molar-refractivity contribution in [3.05, 3.63) is 35.9 Å². The molecular formula is C15H22N2O3. The normalized spacial score (nSPS) is 13.7. The van der Waals surface area contributed by atoms with Crippen LogP contribution in [0.15, 0.2) is 30.3 Å². The fourth-order valence-corrected chi connectivity index (χ4v) is 1.90. The van der Waals surface area contributed by atoms with Crippen LogP contribution in [-0.2, 0) is 14.3 Å². The van der Waals surface area contributed by atoms with Gasteiger partial charge in [0.15, 0.2) is 0 Å². The number of carbonyl (C=O) groups is 2. The van der Waals surface area contributed by atoms with Crippen LogP contribution >= 0.6 is 0 Å². The van der Waals surface area contributed by atoms with Crippen LogP contribution in [0.3, 0.4) is 0 Å². The van der Waals surface area contributed by atoms with Crippen molar-refractivity contribution in [3.63, 3.8) is 0 Å². The van der Waals surface area contributed by atoms with Gasteiger partial charge in [0, 0.05) is 0 Å². The minimum absolute atomic E-state index is 0.257. The Balaban J connectivity index is 2.72. The van der Waals surface area contributed by atoms with Gasteiger partial charge >= 0.3 is 5.97 Å². The van der Waals surface area contributed by atoms with Gasteiger partial charge in [0.05, 0.1) is 7.11 Å².